The molecule has 3 heterocycles. The van der Waals surface area contributed by atoms with Gasteiger partial charge < -0.3 is 41.2 Å². The molecule has 0 aliphatic carbocycles. The van der Waals surface area contributed by atoms with Gasteiger partial charge in [-0.2, -0.15) is 0 Å². The number of aromatic amines is 1. The summed E-state index contributed by atoms with van der Waals surface area (Å²) in [6, 6.07) is 0. The van der Waals surface area contributed by atoms with Gasteiger partial charge in [-0.25, -0.2) is 0 Å². The molecule has 10 nitrogen and oxygen atoms in total. The van der Waals surface area contributed by atoms with Gasteiger partial charge in [-0.05, 0) is 73.6 Å². The standard InChI is InChI=1S/C11H12N3O2S.C10H14N3O2S.CH4.2La/c1-11(2,3)14-10(16)6-4-12-9-8(7(6)15)17-5-13-9;1-10(2,3)13-7(15)4-6(14)8-9(11)12-5-16-8;;;/h4H,1-3H3,(H,12,15)(H,14,16);4,14H,11H2,1-3H3,(H,13,15);1H4;;/q2*-1;;;/b;6-4-;;;. The fraction of sp³-hybridized carbons (Fsp3) is 0.409. The van der Waals surface area contributed by atoms with E-state index in [2.05, 4.69) is 36.6 Å². The average molecular weight is 784 g/mol. The van der Waals surface area contributed by atoms with E-state index in [9.17, 15) is 19.5 Å². The first-order chi connectivity index (χ1) is 15.2. The maximum absolute atomic E-state index is 12.0. The molecule has 3 aromatic heterocycles. The number of aliphatic hydroxyl groups is 1. The van der Waals surface area contributed by atoms with Crippen molar-refractivity contribution in [1.29, 1.82) is 0 Å². The molecule has 3 rings (SSSR count). The third-order valence-electron chi connectivity index (χ3n) is 3.60. The van der Waals surface area contributed by atoms with Crippen LogP contribution < -0.4 is 21.8 Å². The van der Waals surface area contributed by atoms with Gasteiger partial charge in [-0.3, -0.25) is 32.3 Å². The number of aromatic nitrogens is 3. The number of H-pyrrole nitrogens is 1. The van der Waals surface area contributed by atoms with Crippen LogP contribution in [0.15, 0.2) is 17.1 Å². The number of pyridine rings is 1. The zero-order valence-corrected chi connectivity index (χ0v) is 29.2. The van der Waals surface area contributed by atoms with Crippen molar-refractivity contribution in [3.63, 3.8) is 0 Å². The van der Waals surface area contributed by atoms with Crippen LogP contribution in [0.1, 0.15) is 64.2 Å². The number of nitrogen functional groups attached to an aromatic ring is 1. The van der Waals surface area contributed by atoms with Crippen LogP contribution in [0.25, 0.3) is 16.1 Å². The van der Waals surface area contributed by atoms with E-state index in [-0.39, 0.29) is 124 Å². The van der Waals surface area contributed by atoms with Crippen molar-refractivity contribution in [3.8, 4) is 0 Å². The van der Waals surface area contributed by atoms with Gasteiger partial charge in [-0.1, -0.05) is 7.43 Å². The normalized spacial score (nSPS) is 11.1. The van der Waals surface area contributed by atoms with Crippen LogP contribution in [-0.2, 0) is 4.79 Å². The van der Waals surface area contributed by atoms with Crippen LogP contribution >= 0.6 is 22.7 Å². The van der Waals surface area contributed by atoms with E-state index in [1.54, 1.807) is 0 Å². The van der Waals surface area contributed by atoms with E-state index >= 15 is 0 Å². The number of amides is 2. The Morgan fingerprint density at radius 1 is 1.06 bits per heavy atom. The summed E-state index contributed by atoms with van der Waals surface area (Å²) in [6.07, 6.45) is 2.47. The molecule has 0 spiro atoms. The van der Waals surface area contributed by atoms with E-state index in [4.69, 9.17) is 5.73 Å². The molecule has 0 fully saturated rings. The van der Waals surface area contributed by atoms with E-state index in [1.165, 1.54) is 6.20 Å². The molecule has 0 bridgehead atoms. The summed E-state index contributed by atoms with van der Waals surface area (Å²) < 4.78 is 0.423. The molecule has 14 heteroatoms. The van der Waals surface area contributed by atoms with Crippen LogP contribution in [0.2, 0.25) is 0 Å². The Hall–Kier alpha value is -0.860. The van der Waals surface area contributed by atoms with E-state index in [0.717, 1.165) is 28.7 Å². The van der Waals surface area contributed by atoms with Crippen molar-refractivity contribution in [3.05, 3.63) is 44.0 Å². The number of nitrogens with two attached hydrogens (primary N) is 1. The monoisotopic (exact) mass is 784 g/mol. The summed E-state index contributed by atoms with van der Waals surface area (Å²) in [4.78, 5) is 46.0. The number of carbonyl (C=O) groups is 2. The van der Waals surface area contributed by atoms with Crippen LogP contribution in [0.4, 0.5) is 5.82 Å². The minimum absolute atomic E-state index is 0. The summed E-state index contributed by atoms with van der Waals surface area (Å²) in [5.41, 5.74) is 10.2. The van der Waals surface area contributed by atoms with Gasteiger partial charge in [0, 0.05) is 94.5 Å². The summed E-state index contributed by atoms with van der Waals surface area (Å²) in [7, 11) is 0. The molecule has 0 saturated heterocycles. The summed E-state index contributed by atoms with van der Waals surface area (Å²) in [6.45, 7) is 11.1. The van der Waals surface area contributed by atoms with Gasteiger partial charge in [0.15, 0.2) is 0 Å². The molecule has 3 aromatic rings. The Labute approximate surface area is 274 Å². The molecule has 0 atom stereocenters. The fourth-order valence-corrected chi connectivity index (χ4v) is 3.55. The number of anilines is 1. The van der Waals surface area contributed by atoms with Gasteiger partial charge in [-0.15, -0.1) is 0 Å². The van der Waals surface area contributed by atoms with E-state index in [0.29, 0.717) is 15.2 Å². The Kier molecular flexibility index (Phi) is 16.1. The topological polar surface area (TPSA) is 163 Å². The number of rotatable bonds is 3. The number of nitrogens with zero attached hydrogens (tertiary/aromatic N) is 2. The van der Waals surface area contributed by atoms with E-state index < -0.39 is 0 Å². The molecule has 2 amide bonds. The molecule has 6 N–H and O–H groups in total. The average Bonchev–Trinajstić information content (AvgIpc) is 3.28. The van der Waals surface area contributed by atoms with Crippen LogP contribution in [0, 0.1) is 82.2 Å². The number of thiazole rings is 2. The maximum atomic E-state index is 12.0. The first-order valence-corrected chi connectivity index (χ1v) is 11.4. The predicted molar refractivity (Wildman–Crippen MR) is 137 cm³/mol. The molecule has 0 aliphatic rings. The fourth-order valence-electron chi connectivity index (χ4n) is 2.37. The van der Waals surface area contributed by atoms with Crippen molar-refractivity contribution >= 4 is 56.4 Å². The number of hydrogen-bond acceptors (Lipinski definition) is 9. The zero-order chi connectivity index (χ0) is 25.0. The number of carbonyl (C=O) groups excluding carboxylic acids is 2. The minimum atomic E-state index is -0.381. The second-order valence-electron chi connectivity index (χ2n) is 9.01. The quantitative estimate of drug-likeness (QED) is 0.155. The number of hydrogen-bond donors (Lipinski definition) is 5. The van der Waals surface area contributed by atoms with Crippen molar-refractivity contribution in [2.75, 3.05) is 5.73 Å². The van der Waals surface area contributed by atoms with Gasteiger partial charge in [0.25, 0.3) is 5.91 Å². The third kappa shape index (κ3) is 11.7. The number of fused-ring (bicyclic) bond motifs is 1. The van der Waals surface area contributed by atoms with Gasteiger partial charge in [0.05, 0.1) is 11.3 Å². The molecule has 36 heavy (non-hydrogen) atoms. The van der Waals surface area contributed by atoms with Gasteiger partial charge in [0.1, 0.15) is 5.43 Å². The molecule has 0 saturated carbocycles. The molecule has 0 aliphatic heterocycles. The predicted octanol–water partition coefficient (Wildman–Crippen LogP) is 3.29. The summed E-state index contributed by atoms with van der Waals surface area (Å²) in [5.74, 6) is -0.785. The van der Waals surface area contributed by atoms with Gasteiger partial charge >= 0.3 is 0 Å². The molecule has 2 radical (unpaired) electrons. The molecular formula is C22H30La2N6O4S2-2. The second kappa shape index (κ2) is 15.5. The first kappa shape index (κ1) is 37.3. The van der Waals surface area contributed by atoms with Crippen molar-refractivity contribution in [1.82, 2.24) is 25.6 Å². The largest absolute Gasteiger partial charge is 0.520 e. The summed E-state index contributed by atoms with van der Waals surface area (Å²) >= 11 is 2.16. The molecule has 192 valence electrons. The molecule has 0 unspecified atom stereocenters. The van der Waals surface area contributed by atoms with Crippen LogP contribution in [0.3, 0.4) is 0 Å². The second-order valence-corrected chi connectivity index (χ2v) is 10.6. The molecular weight excluding hydrogens is 754 g/mol. The van der Waals surface area contributed by atoms with Crippen molar-refractivity contribution < 1.29 is 85.9 Å². The summed E-state index contributed by atoms with van der Waals surface area (Å²) in [5, 5.41) is 15.1. The minimum Gasteiger partial charge on any atom is -0.520 e. The number of nitrogens with one attached hydrogen (secondary N) is 3. The SMILES string of the molecule is C.CC(C)(C)NC(=O)/C=C(\O)c1s[c-]nc1N.CC(C)(C)NC(=O)c1c[nH]c2n[c-]sc2c1=O.[La].[La]. The smallest absolute Gasteiger partial charge is 0.255 e. The Morgan fingerprint density at radius 2 is 1.61 bits per heavy atom. The Balaban J connectivity index is 0. The van der Waals surface area contributed by atoms with Crippen LogP contribution in [0.5, 0.6) is 0 Å². The number of aliphatic hydroxyl groups excluding tert-OH is 1. The third-order valence-corrected chi connectivity index (χ3v) is 5.17. The van der Waals surface area contributed by atoms with Crippen molar-refractivity contribution in [2.45, 2.75) is 60.0 Å². The van der Waals surface area contributed by atoms with E-state index in [1.807, 2.05) is 41.5 Å². The Morgan fingerprint density at radius 3 is 2.11 bits per heavy atom. The Bertz CT molecular complexity index is 1240. The van der Waals surface area contributed by atoms with Gasteiger partial charge in [0.2, 0.25) is 5.91 Å². The zero-order valence-electron chi connectivity index (χ0n) is 20.3. The van der Waals surface area contributed by atoms with Crippen molar-refractivity contribution in [2.24, 2.45) is 0 Å². The molecule has 0 aromatic carbocycles. The first-order valence-electron chi connectivity index (χ1n) is 9.74. The van der Waals surface area contributed by atoms with Crippen LogP contribution in [-0.4, -0.2) is 43.0 Å². The maximum Gasteiger partial charge on any atom is 0.255 e.